The summed E-state index contributed by atoms with van der Waals surface area (Å²) in [5.41, 5.74) is -0.328. The predicted molar refractivity (Wildman–Crippen MR) is 95.4 cm³/mol. The number of aromatic nitrogens is 2. The predicted octanol–water partition coefficient (Wildman–Crippen LogP) is 6.35. The lowest BCUT2D eigenvalue weighted by Crippen LogP contribution is -1.94. The van der Waals surface area contributed by atoms with Crippen molar-refractivity contribution in [3.8, 4) is 22.9 Å². The van der Waals surface area contributed by atoms with E-state index in [-0.39, 0.29) is 32.7 Å². The average molecular weight is 424 g/mol. The van der Waals surface area contributed by atoms with Gasteiger partial charge in [0.25, 0.3) is 0 Å². The van der Waals surface area contributed by atoms with Gasteiger partial charge in [-0.3, -0.25) is 0 Å². The van der Waals surface area contributed by atoms with E-state index in [0.717, 1.165) is 33.7 Å². The molecule has 0 spiro atoms. The monoisotopic (exact) mass is 424 g/mol. The van der Waals surface area contributed by atoms with Crippen LogP contribution in [-0.2, 0) is 0 Å². The maximum absolute atomic E-state index is 14.3. The highest BCUT2D eigenvalue weighted by Crippen LogP contribution is 2.46. The van der Waals surface area contributed by atoms with E-state index in [9.17, 15) is 17.6 Å². The van der Waals surface area contributed by atoms with E-state index >= 15 is 0 Å². The number of benzene rings is 2. The van der Waals surface area contributed by atoms with E-state index in [1.807, 2.05) is 0 Å². The molecule has 0 fully saturated rings. The molecule has 0 aliphatic heterocycles. The first-order chi connectivity index (χ1) is 13.6. The Morgan fingerprint density at radius 1 is 0.643 bits per heavy atom. The van der Waals surface area contributed by atoms with Crippen LogP contribution >= 0.6 is 21.6 Å². The molecule has 0 saturated carbocycles. The van der Waals surface area contributed by atoms with Gasteiger partial charge >= 0.3 is 0 Å². The van der Waals surface area contributed by atoms with Crippen LogP contribution in [0.2, 0.25) is 0 Å². The lowest BCUT2D eigenvalue weighted by Gasteiger charge is -2.10. The first-order valence-corrected chi connectivity index (χ1v) is 9.81. The van der Waals surface area contributed by atoms with Gasteiger partial charge in [0.2, 0.25) is 11.8 Å². The molecule has 2 aromatic carbocycles. The second kappa shape index (κ2) is 7.72. The third-order valence-corrected chi connectivity index (χ3v) is 6.08. The van der Waals surface area contributed by atoms with Gasteiger partial charge in [-0.2, -0.15) is 0 Å². The molecule has 0 bridgehead atoms. The molecule has 0 atom stereocenters. The quantitative estimate of drug-likeness (QED) is 0.275. The highest BCUT2D eigenvalue weighted by Gasteiger charge is 2.23. The minimum Gasteiger partial charge on any atom is -0.444 e. The van der Waals surface area contributed by atoms with E-state index in [1.165, 1.54) is 37.1 Å². The van der Waals surface area contributed by atoms with E-state index in [2.05, 4.69) is 9.97 Å². The first kappa shape index (κ1) is 18.6. The lowest BCUT2D eigenvalue weighted by molar-refractivity contribution is 0.499. The molecule has 2 heterocycles. The summed E-state index contributed by atoms with van der Waals surface area (Å²) in [6.07, 6.45) is 5.07. The summed E-state index contributed by atoms with van der Waals surface area (Å²) >= 11 is 0. The smallest absolute Gasteiger partial charge is 0.230 e. The maximum atomic E-state index is 14.3. The minimum absolute atomic E-state index is 0.0988. The van der Waals surface area contributed by atoms with Gasteiger partial charge in [-0.25, -0.2) is 27.5 Å². The Bertz CT molecular complexity index is 1030. The van der Waals surface area contributed by atoms with Crippen molar-refractivity contribution in [2.75, 3.05) is 0 Å². The van der Waals surface area contributed by atoms with Crippen LogP contribution in [-0.4, -0.2) is 9.97 Å². The van der Waals surface area contributed by atoms with Gasteiger partial charge in [-0.1, -0.05) is 21.6 Å². The van der Waals surface area contributed by atoms with Crippen LogP contribution in [0.1, 0.15) is 0 Å². The summed E-state index contributed by atoms with van der Waals surface area (Å²) in [4.78, 5) is 8.29. The van der Waals surface area contributed by atoms with Gasteiger partial charge in [0.05, 0.1) is 23.5 Å². The first-order valence-electron chi connectivity index (χ1n) is 7.66. The highest BCUT2D eigenvalue weighted by molar-refractivity contribution is 8.76. The number of oxazole rings is 2. The second-order valence-corrected chi connectivity index (χ2v) is 7.52. The fourth-order valence-electron chi connectivity index (χ4n) is 2.39. The Kier molecular flexibility index (Phi) is 5.14. The van der Waals surface area contributed by atoms with Gasteiger partial charge in [0.1, 0.15) is 12.5 Å². The molecule has 10 heteroatoms. The number of hydrogen-bond acceptors (Lipinski definition) is 6. The standard InChI is InChI=1S/C18H8F4N2O2S2/c19-9-1-3-11(13(15(9)21)17-23-5-7-25-17)27-28-12-4-2-10(20)16(22)14(12)18-24-6-8-26-18/h1-8H. The molecule has 0 N–H and O–H groups in total. The van der Waals surface area contributed by atoms with Crippen molar-refractivity contribution in [3.63, 3.8) is 0 Å². The number of rotatable bonds is 5. The number of hydrogen-bond donors (Lipinski definition) is 0. The van der Waals surface area contributed by atoms with Crippen LogP contribution in [0.3, 0.4) is 0 Å². The zero-order chi connectivity index (χ0) is 19.7. The summed E-state index contributed by atoms with van der Waals surface area (Å²) in [6.45, 7) is 0. The van der Waals surface area contributed by atoms with E-state index < -0.39 is 23.3 Å². The number of nitrogens with zero attached hydrogens (tertiary/aromatic N) is 2. The summed E-state index contributed by atoms with van der Waals surface area (Å²) in [6, 6.07) is 4.62. The van der Waals surface area contributed by atoms with Crippen molar-refractivity contribution in [3.05, 3.63) is 72.5 Å². The molecule has 28 heavy (non-hydrogen) atoms. The molecular weight excluding hydrogens is 416 g/mol. The molecule has 0 amide bonds. The topological polar surface area (TPSA) is 52.1 Å². The third-order valence-electron chi connectivity index (χ3n) is 3.63. The average Bonchev–Trinajstić information content (AvgIpc) is 3.39. The summed E-state index contributed by atoms with van der Waals surface area (Å²) in [7, 11) is 2.00. The fraction of sp³-hybridized carbons (Fsp3) is 0. The molecule has 0 saturated heterocycles. The molecule has 4 aromatic rings. The zero-order valence-electron chi connectivity index (χ0n) is 13.7. The third kappa shape index (κ3) is 3.40. The van der Waals surface area contributed by atoms with E-state index in [0.29, 0.717) is 0 Å². The van der Waals surface area contributed by atoms with Crippen LogP contribution in [0.25, 0.3) is 22.9 Å². The van der Waals surface area contributed by atoms with Crippen molar-refractivity contribution < 1.29 is 26.4 Å². The Morgan fingerprint density at radius 3 is 1.43 bits per heavy atom. The minimum atomic E-state index is -1.12. The normalized spacial score (nSPS) is 11.1. The van der Waals surface area contributed by atoms with Gasteiger partial charge in [0.15, 0.2) is 23.3 Å². The Labute approximate surface area is 163 Å². The van der Waals surface area contributed by atoms with Crippen LogP contribution < -0.4 is 0 Å². The van der Waals surface area contributed by atoms with Crippen LogP contribution in [0.4, 0.5) is 17.6 Å². The van der Waals surface area contributed by atoms with Gasteiger partial charge in [0, 0.05) is 9.79 Å². The molecule has 142 valence electrons. The SMILES string of the molecule is Fc1ccc(SSc2ccc(F)c(F)c2-c2ncco2)c(-c2ncco2)c1F. The molecule has 4 nitrogen and oxygen atoms in total. The van der Waals surface area contributed by atoms with Crippen molar-refractivity contribution in [1.29, 1.82) is 0 Å². The van der Waals surface area contributed by atoms with Crippen LogP contribution in [0.15, 0.2) is 67.8 Å². The van der Waals surface area contributed by atoms with Crippen molar-refractivity contribution in [2.24, 2.45) is 0 Å². The van der Waals surface area contributed by atoms with Crippen LogP contribution in [0.5, 0.6) is 0 Å². The molecule has 4 rings (SSSR count). The maximum Gasteiger partial charge on any atom is 0.230 e. The zero-order valence-corrected chi connectivity index (χ0v) is 15.3. The van der Waals surface area contributed by atoms with E-state index in [4.69, 9.17) is 8.83 Å². The number of halogens is 4. The molecule has 0 aliphatic carbocycles. The van der Waals surface area contributed by atoms with Crippen molar-refractivity contribution in [2.45, 2.75) is 9.79 Å². The fourth-order valence-corrected chi connectivity index (χ4v) is 4.71. The van der Waals surface area contributed by atoms with Crippen molar-refractivity contribution in [1.82, 2.24) is 9.97 Å². The summed E-state index contributed by atoms with van der Waals surface area (Å²) in [5.74, 6) is -4.55. The molecule has 0 radical (unpaired) electrons. The molecule has 0 unspecified atom stereocenters. The largest absolute Gasteiger partial charge is 0.444 e. The van der Waals surface area contributed by atoms with Crippen LogP contribution in [0, 0.1) is 23.3 Å². The van der Waals surface area contributed by atoms with Gasteiger partial charge in [-0.05, 0) is 24.3 Å². The van der Waals surface area contributed by atoms with E-state index in [1.54, 1.807) is 0 Å². The van der Waals surface area contributed by atoms with Crippen molar-refractivity contribution >= 4 is 21.6 Å². The summed E-state index contributed by atoms with van der Waals surface area (Å²) < 4.78 is 66.2. The summed E-state index contributed by atoms with van der Waals surface area (Å²) in [5, 5.41) is 0. The Morgan fingerprint density at radius 2 is 1.07 bits per heavy atom. The second-order valence-electron chi connectivity index (χ2n) is 5.31. The molecule has 0 aliphatic rings. The lowest BCUT2D eigenvalue weighted by atomic mass is 10.2. The molecular formula is C18H8F4N2O2S2. The Balaban J connectivity index is 1.72. The molecule has 2 aromatic heterocycles. The highest BCUT2D eigenvalue weighted by atomic mass is 33.1. The Hall–Kier alpha value is -2.72. The van der Waals surface area contributed by atoms with Gasteiger partial charge < -0.3 is 8.83 Å². The van der Waals surface area contributed by atoms with Gasteiger partial charge in [-0.15, -0.1) is 0 Å².